The van der Waals surface area contributed by atoms with Crippen molar-refractivity contribution in [2.24, 2.45) is 0 Å². The van der Waals surface area contributed by atoms with E-state index in [0.717, 1.165) is 0 Å². The molecule has 0 aliphatic carbocycles. The van der Waals surface area contributed by atoms with Gasteiger partial charge in [-0.25, -0.2) is 4.79 Å². The number of carbonyl (C=O) groups is 2. The smallest absolute Gasteiger partial charge is 0.342 e. The lowest BCUT2D eigenvalue weighted by atomic mass is 10.2. The number of carbonyl (C=O) groups excluding carboxylic acids is 2. The van der Waals surface area contributed by atoms with Gasteiger partial charge in [0.25, 0.3) is 4.52 Å². The van der Waals surface area contributed by atoms with E-state index in [1.54, 1.807) is 18.2 Å². The summed E-state index contributed by atoms with van der Waals surface area (Å²) in [6, 6.07) is 6.51. The highest BCUT2D eigenvalue weighted by Crippen LogP contribution is 2.27. The van der Waals surface area contributed by atoms with Crippen molar-refractivity contribution >= 4 is 52.7 Å². The van der Waals surface area contributed by atoms with E-state index in [4.69, 9.17) is 39.5 Å². The SMILES string of the molecule is O=CCNc1ccccc1C(=O)OC(Cl)(Cl)CCl. The van der Waals surface area contributed by atoms with Crippen LogP contribution in [0, 0.1) is 0 Å². The van der Waals surface area contributed by atoms with Gasteiger partial charge in [0.1, 0.15) is 6.29 Å². The predicted molar refractivity (Wildman–Crippen MR) is 71.6 cm³/mol. The number of hydrogen-bond donors (Lipinski definition) is 1. The number of benzene rings is 1. The number of alkyl halides is 3. The lowest BCUT2D eigenvalue weighted by molar-refractivity contribution is -0.106. The Balaban J connectivity index is 2.88. The van der Waals surface area contributed by atoms with Crippen LogP contribution in [-0.4, -0.2) is 29.2 Å². The van der Waals surface area contributed by atoms with E-state index in [1.807, 2.05) is 0 Å². The van der Waals surface area contributed by atoms with E-state index in [9.17, 15) is 9.59 Å². The van der Waals surface area contributed by atoms with E-state index >= 15 is 0 Å². The van der Waals surface area contributed by atoms with Gasteiger partial charge in [-0.3, -0.25) is 0 Å². The van der Waals surface area contributed by atoms with Crippen LogP contribution in [0.4, 0.5) is 5.69 Å². The molecule has 0 aromatic heterocycles. The predicted octanol–water partition coefficient (Wildman–Crippen LogP) is 2.82. The molecule has 0 aliphatic rings. The maximum atomic E-state index is 11.8. The van der Waals surface area contributed by atoms with E-state index in [0.29, 0.717) is 12.0 Å². The Morgan fingerprint density at radius 1 is 1.39 bits per heavy atom. The van der Waals surface area contributed by atoms with Crippen molar-refractivity contribution in [1.82, 2.24) is 0 Å². The normalized spacial score (nSPS) is 10.8. The molecule has 1 aromatic carbocycles. The van der Waals surface area contributed by atoms with Crippen LogP contribution in [0.1, 0.15) is 10.4 Å². The van der Waals surface area contributed by atoms with Crippen LogP contribution < -0.4 is 5.32 Å². The minimum atomic E-state index is -1.78. The first-order valence-corrected chi connectivity index (χ1v) is 6.23. The van der Waals surface area contributed by atoms with E-state index in [1.165, 1.54) is 6.07 Å². The molecule has 1 rings (SSSR count). The summed E-state index contributed by atoms with van der Waals surface area (Å²) in [5.41, 5.74) is 0.670. The Labute approximate surface area is 119 Å². The van der Waals surface area contributed by atoms with E-state index < -0.39 is 10.5 Å². The quantitative estimate of drug-likeness (QED) is 0.499. The molecule has 0 radical (unpaired) electrons. The Kier molecular flexibility index (Phi) is 5.72. The third-order valence-corrected chi connectivity index (χ3v) is 2.99. The molecule has 1 N–H and O–H groups in total. The first kappa shape index (κ1) is 15.1. The van der Waals surface area contributed by atoms with Gasteiger partial charge in [-0.1, -0.05) is 35.3 Å². The zero-order valence-electron chi connectivity index (χ0n) is 9.16. The lowest BCUT2D eigenvalue weighted by Gasteiger charge is -2.18. The van der Waals surface area contributed by atoms with Crippen LogP contribution in [0.5, 0.6) is 0 Å². The Hall–Kier alpha value is -0.970. The maximum Gasteiger partial charge on any atom is 0.342 e. The standard InChI is InChI=1S/C11H10Cl3NO3/c12-7-11(13,14)18-10(17)8-3-1-2-4-9(8)15-5-6-16/h1-4,6,15H,5,7H2. The molecule has 1 aromatic rings. The van der Waals surface area contributed by atoms with Crippen molar-refractivity contribution in [2.75, 3.05) is 17.7 Å². The Morgan fingerprint density at radius 2 is 2.06 bits per heavy atom. The summed E-state index contributed by atoms with van der Waals surface area (Å²) in [6.07, 6.45) is 0.675. The third-order valence-electron chi connectivity index (χ3n) is 1.92. The monoisotopic (exact) mass is 309 g/mol. The van der Waals surface area contributed by atoms with Gasteiger partial charge < -0.3 is 14.8 Å². The zero-order valence-corrected chi connectivity index (χ0v) is 11.4. The summed E-state index contributed by atoms with van der Waals surface area (Å²) in [5.74, 6) is -0.985. The summed E-state index contributed by atoms with van der Waals surface area (Å²) in [4.78, 5) is 22.1. The molecule has 0 amide bonds. The topological polar surface area (TPSA) is 55.4 Å². The number of nitrogens with one attached hydrogen (secondary N) is 1. The largest absolute Gasteiger partial charge is 0.424 e. The molecule has 0 heterocycles. The fourth-order valence-electron chi connectivity index (χ4n) is 1.18. The van der Waals surface area contributed by atoms with Crippen LogP contribution in [0.25, 0.3) is 0 Å². The maximum absolute atomic E-state index is 11.8. The Bertz CT molecular complexity index is 437. The first-order valence-electron chi connectivity index (χ1n) is 4.94. The number of esters is 1. The van der Waals surface area contributed by atoms with Gasteiger partial charge in [-0.05, 0) is 12.1 Å². The number of rotatable bonds is 6. The van der Waals surface area contributed by atoms with Crippen LogP contribution in [0.15, 0.2) is 24.3 Å². The molecule has 98 valence electrons. The third kappa shape index (κ3) is 4.37. The van der Waals surface area contributed by atoms with Gasteiger partial charge in [-0.2, -0.15) is 0 Å². The molecular formula is C11H10Cl3NO3. The fourth-order valence-corrected chi connectivity index (χ4v) is 1.38. The molecule has 4 nitrogen and oxygen atoms in total. The van der Waals surface area contributed by atoms with Crippen LogP contribution in [0.2, 0.25) is 0 Å². The van der Waals surface area contributed by atoms with E-state index in [-0.39, 0.29) is 18.0 Å². The summed E-state index contributed by atoms with van der Waals surface area (Å²) in [5, 5.41) is 2.76. The van der Waals surface area contributed by atoms with Gasteiger partial charge in [0.2, 0.25) is 0 Å². The van der Waals surface area contributed by atoms with Crippen LogP contribution in [-0.2, 0) is 9.53 Å². The number of anilines is 1. The van der Waals surface area contributed by atoms with Gasteiger partial charge in [0.15, 0.2) is 0 Å². The number of para-hydroxylation sites is 1. The molecule has 0 saturated carbocycles. The molecule has 0 fully saturated rings. The molecule has 0 aliphatic heterocycles. The van der Waals surface area contributed by atoms with Gasteiger partial charge in [0.05, 0.1) is 18.0 Å². The molecule has 0 bridgehead atoms. The number of halogens is 3. The fraction of sp³-hybridized carbons (Fsp3) is 0.273. The van der Waals surface area contributed by atoms with Gasteiger partial charge >= 0.3 is 5.97 Å². The highest BCUT2D eigenvalue weighted by atomic mass is 35.5. The highest BCUT2D eigenvalue weighted by Gasteiger charge is 2.29. The second kappa shape index (κ2) is 6.83. The summed E-state index contributed by atoms with van der Waals surface area (Å²) in [7, 11) is 0. The van der Waals surface area contributed by atoms with Gasteiger partial charge in [0, 0.05) is 5.69 Å². The van der Waals surface area contributed by atoms with E-state index in [2.05, 4.69) is 5.32 Å². The molecular weight excluding hydrogens is 300 g/mol. The minimum Gasteiger partial charge on any atom is -0.424 e. The van der Waals surface area contributed by atoms with Gasteiger partial charge in [-0.15, -0.1) is 11.6 Å². The van der Waals surface area contributed by atoms with Crippen molar-refractivity contribution in [2.45, 2.75) is 4.52 Å². The zero-order chi connectivity index (χ0) is 13.6. The number of aldehydes is 1. The lowest BCUT2D eigenvalue weighted by Crippen LogP contribution is -2.25. The number of hydrogen-bond acceptors (Lipinski definition) is 4. The molecule has 0 saturated heterocycles. The molecule has 7 heteroatoms. The minimum absolute atomic E-state index is 0.0761. The summed E-state index contributed by atoms with van der Waals surface area (Å²) in [6.45, 7) is 0.0761. The molecule has 0 spiro atoms. The van der Waals surface area contributed by atoms with Crippen molar-refractivity contribution < 1.29 is 14.3 Å². The van der Waals surface area contributed by atoms with Crippen LogP contribution >= 0.6 is 34.8 Å². The first-order chi connectivity index (χ1) is 8.50. The number of ether oxygens (including phenoxy) is 1. The van der Waals surface area contributed by atoms with Crippen molar-refractivity contribution in [1.29, 1.82) is 0 Å². The van der Waals surface area contributed by atoms with Crippen molar-refractivity contribution in [3.05, 3.63) is 29.8 Å². The highest BCUT2D eigenvalue weighted by molar-refractivity contribution is 6.50. The molecule has 18 heavy (non-hydrogen) atoms. The molecule has 0 unspecified atom stereocenters. The van der Waals surface area contributed by atoms with Crippen LogP contribution in [0.3, 0.4) is 0 Å². The second-order valence-electron chi connectivity index (χ2n) is 3.25. The molecule has 0 atom stereocenters. The summed E-state index contributed by atoms with van der Waals surface area (Å²) >= 11 is 16.7. The Morgan fingerprint density at radius 3 is 2.67 bits per heavy atom. The van der Waals surface area contributed by atoms with Crippen molar-refractivity contribution in [3.8, 4) is 0 Å². The second-order valence-corrected chi connectivity index (χ2v) is 4.94. The average Bonchev–Trinajstić information content (AvgIpc) is 2.36. The summed E-state index contributed by atoms with van der Waals surface area (Å²) < 4.78 is 3.04. The average molecular weight is 311 g/mol. The van der Waals surface area contributed by atoms with Crippen molar-refractivity contribution in [3.63, 3.8) is 0 Å².